The third-order valence-electron chi connectivity index (χ3n) is 4.03. The largest absolute Gasteiger partial charge is 0.378 e. The zero-order valence-corrected chi connectivity index (χ0v) is 13.8. The van der Waals surface area contributed by atoms with Crippen LogP contribution in [0.4, 0.5) is 4.79 Å². The Labute approximate surface area is 127 Å². The smallest absolute Gasteiger partial charge is 0.317 e. The van der Waals surface area contributed by atoms with Gasteiger partial charge in [-0.3, -0.25) is 0 Å². The van der Waals surface area contributed by atoms with Crippen molar-refractivity contribution in [1.29, 1.82) is 0 Å². The first-order valence-corrected chi connectivity index (χ1v) is 8.76. The number of carbonyl (C=O) groups excluding carboxylic acids is 1. The second-order valence-corrected chi connectivity index (χ2v) is 8.39. The molecule has 1 N–H and O–H groups in total. The van der Waals surface area contributed by atoms with Crippen LogP contribution in [0.5, 0.6) is 0 Å². The van der Waals surface area contributed by atoms with Crippen molar-refractivity contribution < 1.29 is 9.53 Å². The highest BCUT2D eigenvalue weighted by molar-refractivity contribution is 8.00. The Kier molecular flexibility index (Phi) is 5.61. The average molecular weight is 300 g/mol. The molecule has 2 atom stereocenters. The van der Waals surface area contributed by atoms with Crippen molar-refractivity contribution in [2.24, 2.45) is 0 Å². The van der Waals surface area contributed by atoms with Crippen LogP contribution in [0.2, 0.25) is 0 Å². The number of hydrogen-bond donors (Lipinski definition) is 1. The van der Waals surface area contributed by atoms with Crippen molar-refractivity contribution in [2.75, 3.05) is 25.4 Å². The fraction of sp³-hybridized carbons (Fsp3) is 0.933. The second-order valence-electron chi connectivity index (χ2n) is 6.59. The van der Waals surface area contributed by atoms with Crippen LogP contribution in [0.3, 0.4) is 0 Å². The molecule has 0 aromatic carbocycles. The molecule has 2 fully saturated rings. The molecule has 0 radical (unpaired) electrons. The van der Waals surface area contributed by atoms with Gasteiger partial charge in [-0.1, -0.05) is 0 Å². The number of carbonyl (C=O) groups is 1. The summed E-state index contributed by atoms with van der Waals surface area (Å²) in [5, 5.41) is 3.13. The van der Waals surface area contributed by atoms with Gasteiger partial charge in [0.1, 0.15) is 0 Å². The number of nitrogens with one attached hydrogen (secondary N) is 1. The lowest BCUT2D eigenvalue weighted by Crippen LogP contribution is -2.51. The van der Waals surface area contributed by atoms with E-state index >= 15 is 0 Å². The lowest BCUT2D eigenvalue weighted by molar-refractivity contribution is 0.0999. The van der Waals surface area contributed by atoms with Gasteiger partial charge in [-0.05, 0) is 46.5 Å². The first-order valence-electron chi connectivity index (χ1n) is 7.77. The summed E-state index contributed by atoms with van der Waals surface area (Å²) in [7, 11) is 0. The first kappa shape index (κ1) is 16.0. The molecule has 2 amide bonds. The lowest BCUT2D eigenvalue weighted by atomic mass is 10.1. The summed E-state index contributed by atoms with van der Waals surface area (Å²) in [4.78, 5) is 14.2. The fourth-order valence-electron chi connectivity index (χ4n) is 2.87. The Morgan fingerprint density at radius 1 is 1.55 bits per heavy atom. The Bertz CT molecular complexity index is 330. The predicted molar refractivity (Wildman–Crippen MR) is 84.3 cm³/mol. The van der Waals surface area contributed by atoms with E-state index in [2.05, 4.69) is 26.1 Å². The van der Waals surface area contributed by atoms with Crippen LogP contribution in [0.25, 0.3) is 0 Å². The van der Waals surface area contributed by atoms with E-state index in [1.807, 2.05) is 16.7 Å². The molecular formula is C15H28N2O2S. The SMILES string of the molecule is C[C@@H](CC[C@H]1CCCO1)NC(=O)N1CCSC(C)(C)C1. The van der Waals surface area contributed by atoms with Gasteiger partial charge in [0.25, 0.3) is 0 Å². The van der Waals surface area contributed by atoms with Gasteiger partial charge in [-0.25, -0.2) is 4.79 Å². The van der Waals surface area contributed by atoms with Gasteiger partial charge in [-0.15, -0.1) is 0 Å². The third-order valence-corrected chi connectivity index (χ3v) is 5.33. The molecule has 5 heteroatoms. The Morgan fingerprint density at radius 2 is 2.35 bits per heavy atom. The van der Waals surface area contributed by atoms with Gasteiger partial charge < -0.3 is 15.0 Å². The lowest BCUT2D eigenvalue weighted by Gasteiger charge is -2.38. The number of amides is 2. The van der Waals surface area contributed by atoms with Crippen molar-refractivity contribution in [3.8, 4) is 0 Å². The van der Waals surface area contributed by atoms with Gasteiger partial charge in [0.15, 0.2) is 0 Å². The maximum atomic E-state index is 12.3. The summed E-state index contributed by atoms with van der Waals surface area (Å²) in [6.07, 6.45) is 4.84. The van der Waals surface area contributed by atoms with Gasteiger partial charge in [0, 0.05) is 36.2 Å². The number of rotatable bonds is 4. The monoisotopic (exact) mass is 300 g/mol. The molecule has 0 aromatic heterocycles. The predicted octanol–water partition coefficient (Wildman–Crippen LogP) is 2.87. The molecule has 0 spiro atoms. The molecule has 4 nitrogen and oxygen atoms in total. The minimum absolute atomic E-state index is 0.0956. The van der Waals surface area contributed by atoms with E-state index < -0.39 is 0 Å². The molecule has 2 aliphatic rings. The molecular weight excluding hydrogens is 272 g/mol. The number of nitrogens with zero attached hydrogens (tertiary/aromatic N) is 1. The molecule has 0 aromatic rings. The van der Waals surface area contributed by atoms with Crippen molar-refractivity contribution in [3.05, 3.63) is 0 Å². The van der Waals surface area contributed by atoms with E-state index in [1.54, 1.807) is 0 Å². The molecule has 116 valence electrons. The standard InChI is InChI=1S/C15H28N2O2S/c1-12(6-7-13-5-4-9-19-13)16-14(18)17-8-10-20-15(2,3)11-17/h12-13H,4-11H2,1-3H3,(H,16,18)/t12-,13+/m0/s1. The molecule has 2 heterocycles. The van der Waals surface area contributed by atoms with E-state index in [0.29, 0.717) is 6.10 Å². The molecule has 2 aliphatic heterocycles. The van der Waals surface area contributed by atoms with Gasteiger partial charge in [-0.2, -0.15) is 11.8 Å². The highest BCUT2D eigenvalue weighted by atomic mass is 32.2. The fourth-order valence-corrected chi connectivity index (χ4v) is 3.98. The van der Waals surface area contributed by atoms with Crippen molar-refractivity contribution in [1.82, 2.24) is 10.2 Å². The van der Waals surface area contributed by atoms with E-state index in [-0.39, 0.29) is 16.8 Å². The normalized spacial score (nSPS) is 27.4. The molecule has 0 unspecified atom stereocenters. The highest BCUT2D eigenvalue weighted by Gasteiger charge is 2.30. The van der Waals surface area contributed by atoms with Crippen LogP contribution in [-0.4, -0.2) is 53.3 Å². The summed E-state index contributed by atoms with van der Waals surface area (Å²) in [6.45, 7) is 9.11. The molecule has 0 saturated carbocycles. The quantitative estimate of drug-likeness (QED) is 0.868. The van der Waals surface area contributed by atoms with Gasteiger partial charge >= 0.3 is 6.03 Å². The zero-order chi connectivity index (χ0) is 14.6. The van der Waals surface area contributed by atoms with E-state index in [0.717, 1.165) is 38.3 Å². The Morgan fingerprint density at radius 3 is 3.00 bits per heavy atom. The van der Waals surface area contributed by atoms with Crippen molar-refractivity contribution in [2.45, 2.75) is 63.3 Å². The molecule has 2 saturated heterocycles. The molecule has 0 aliphatic carbocycles. The third kappa shape index (κ3) is 4.85. The first-order chi connectivity index (χ1) is 9.46. The Hall–Kier alpha value is -0.420. The summed E-state index contributed by atoms with van der Waals surface area (Å²) >= 11 is 1.95. The number of hydrogen-bond acceptors (Lipinski definition) is 3. The highest BCUT2D eigenvalue weighted by Crippen LogP contribution is 2.29. The van der Waals surface area contributed by atoms with Crippen LogP contribution in [0, 0.1) is 0 Å². The van der Waals surface area contributed by atoms with E-state index in [4.69, 9.17) is 4.74 Å². The molecule has 2 rings (SSSR count). The Balaban J connectivity index is 1.70. The zero-order valence-electron chi connectivity index (χ0n) is 13.0. The van der Waals surface area contributed by atoms with Gasteiger partial charge in [0.05, 0.1) is 6.10 Å². The van der Waals surface area contributed by atoms with E-state index in [9.17, 15) is 4.79 Å². The van der Waals surface area contributed by atoms with Crippen molar-refractivity contribution >= 4 is 17.8 Å². The number of thioether (sulfide) groups is 1. The van der Waals surface area contributed by atoms with Crippen molar-refractivity contribution in [3.63, 3.8) is 0 Å². The molecule has 20 heavy (non-hydrogen) atoms. The second kappa shape index (κ2) is 7.03. The maximum Gasteiger partial charge on any atom is 0.317 e. The minimum atomic E-state index is 0.0956. The van der Waals surface area contributed by atoms with Crippen LogP contribution < -0.4 is 5.32 Å². The van der Waals surface area contributed by atoms with Gasteiger partial charge in [0.2, 0.25) is 0 Å². The van der Waals surface area contributed by atoms with Crippen LogP contribution in [0.1, 0.15) is 46.5 Å². The molecule has 0 bridgehead atoms. The number of urea groups is 1. The van der Waals surface area contributed by atoms with E-state index in [1.165, 1.54) is 12.8 Å². The summed E-state index contributed by atoms with van der Waals surface area (Å²) in [5.41, 5.74) is 0. The average Bonchev–Trinajstić information content (AvgIpc) is 2.88. The summed E-state index contributed by atoms with van der Waals surface area (Å²) in [6, 6.07) is 0.322. The summed E-state index contributed by atoms with van der Waals surface area (Å²) < 4.78 is 5.80. The minimum Gasteiger partial charge on any atom is -0.378 e. The maximum absolute atomic E-state index is 12.3. The van der Waals surface area contributed by atoms with Crippen LogP contribution >= 0.6 is 11.8 Å². The number of ether oxygens (including phenoxy) is 1. The van der Waals surface area contributed by atoms with Crippen LogP contribution in [0.15, 0.2) is 0 Å². The topological polar surface area (TPSA) is 41.6 Å². The summed E-state index contributed by atoms with van der Waals surface area (Å²) in [5.74, 6) is 1.03. The van der Waals surface area contributed by atoms with Crippen LogP contribution in [-0.2, 0) is 4.74 Å².